The first-order valence-corrected chi connectivity index (χ1v) is 6.90. The van der Waals surface area contributed by atoms with Gasteiger partial charge in [0.15, 0.2) is 0 Å². The van der Waals surface area contributed by atoms with Crippen molar-refractivity contribution < 1.29 is 9.53 Å². The van der Waals surface area contributed by atoms with Gasteiger partial charge in [-0.1, -0.05) is 33.1 Å². The van der Waals surface area contributed by atoms with Crippen molar-refractivity contribution in [3.8, 4) is 5.75 Å². The van der Waals surface area contributed by atoms with Crippen LogP contribution in [0.4, 0.5) is 5.69 Å². The first kappa shape index (κ1) is 15.3. The molecule has 4 nitrogen and oxygen atoms in total. The molecule has 0 saturated heterocycles. The number of carbonyl (C=O) groups excluding carboxylic acids is 1. The van der Waals surface area contributed by atoms with E-state index in [0.29, 0.717) is 29.5 Å². The van der Waals surface area contributed by atoms with Gasteiger partial charge in [0.1, 0.15) is 5.75 Å². The number of nitrogens with two attached hydrogens (primary N) is 2. The third-order valence-corrected chi connectivity index (χ3v) is 3.32. The summed E-state index contributed by atoms with van der Waals surface area (Å²) in [4.78, 5) is 11.1. The zero-order valence-corrected chi connectivity index (χ0v) is 11.8. The maximum absolute atomic E-state index is 11.1. The molecule has 19 heavy (non-hydrogen) atoms. The van der Waals surface area contributed by atoms with Crippen LogP contribution in [-0.4, -0.2) is 12.5 Å². The second-order valence-electron chi connectivity index (χ2n) is 4.84. The summed E-state index contributed by atoms with van der Waals surface area (Å²) in [6.07, 6.45) is 4.63. The summed E-state index contributed by atoms with van der Waals surface area (Å²) in [5.74, 6) is 0.603. The van der Waals surface area contributed by atoms with Crippen LogP contribution in [0.5, 0.6) is 5.75 Å². The molecule has 1 unspecified atom stereocenters. The van der Waals surface area contributed by atoms with Gasteiger partial charge < -0.3 is 16.2 Å². The minimum atomic E-state index is -0.470. The van der Waals surface area contributed by atoms with Crippen LogP contribution in [0.2, 0.25) is 0 Å². The molecule has 0 bridgehead atoms. The van der Waals surface area contributed by atoms with E-state index in [1.165, 1.54) is 12.8 Å². The normalized spacial score (nSPS) is 12.1. The van der Waals surface area contributed by atoms with Crippen molar-refractivity contribution in [1.29, 1.82) is 0 Å². The molecular formula is C15H24N2O2. The van der Waals surface area contributed by atoms with Gasteiger partial charge in [-0.2, -0.15) is 0 Å². The van der Waals surface area contributed by atoms with Crippen molar-refractivity contribution in [2.45, 2.75) is 39.5 Å². The SMILES string of the molecule is CCCCC(CC)COc1cc(C(N)=O)ccc1N. The van der Waals surface area contributed by atoms with Crippen LogP contribution < -0.4 is 16.2 Å². The maximum atomic E-state index is 11.1. The summed E-state index contributed by atoms with van der Waals surface area (Å²) in [7, 11) is 0. The molecule has 0 aromatic heterocycles. The van der Waals surface area contributed by atoms with Crippen LogP contribution in [0.25, 0.3) is 0 Å². The van der Waals surface area contributed by atoms with Crippen molar-refractivity contribution >= 4 is 11.6 Å². The minimum absolute atomic E-state index is 0.422. The van der Waals surface area contributed by atoms with E-state index in [1.807, 2.05) is 0 Å². The molecule has 1 atom stereocenters. The third kappa shape index (κ3) is 4.81. The Morgan fingerprint density at radius 3 is 2.68 bits per heavy atom. The number of nitrogen functional groups attached to an aromatic ring is 1. The quantitative estimate of drug-likeness (QED) is 0.708. The Bertz CT molecular complexity index is 419. The highest BCUT2D eigenvalue weighted by Crippen LogP contribution is 2.24. The highest BCUT2D eigenvalue weighted by Gasteiger charge is 2.10. The fourth-order valence-electron chi connectivity index (χ4n) is 1.92. The Hall–Kier alpha value is -1.71. The molecule has 1 aromatic rings. The van der Waals surface area contributed by atoms with Crippen LogP contribution in [0, 0.1) is 5.92 Å². The number of primary amides is 1. The molecule has 0 heterocycles. The lowest BCUT2D eigenvalue weighted by atomic mass is 10.0. The standard InChI is InChI=1S/C15H24N2O2/c1-3-5-6-11(4-2)10-19-14-9-12(15(17)18)7-8-13(14)16/h7-9,11H,3-6,10,16H2,1-2H3,(H2,17,18). The Kier molecular flexibility index (Phi) is 6.19. The van der Waals surface area contributed by atoms with Crippen molar-refractivity contribution in [3.05, 3.63) is 23.8 Å². The summed E-state index contributed by atoms with van der Waals surface area (Å²) in [5, 5.41) is 0. The van der Waals surface area contributed by atoms with Gasteiger partial charge in [0.2, 0.25) is 5.91 Å². The predicted molar refractivity (Wildman–Crippen MR) is 78.2 cm³/mol. The molecule has 1 amide bonds. The average Bonchev–Trinajstić information content (AvgIpc) is 2.40. The molecule has 1 aromatic carbocycles. The van der Waals surface area contributed by atoms with E-state index < -0.39 is 5.91 Å². The first-order valence-electron chi connectivity index (χ1n) is 6.90. The molecule has 0 spiro atoms. The van der Waals surface area contributed by atoms with E-state index in [0.717, 1.165) is 12.8 Å². The smallest absolute Gasteiger partial charge is 0.248 e. The zero-order valence-electron chi connectivity index (χ0n) is 11.8. The Morgan fingerprint density at radius 2 is 2.11 bits per heavy atom. The number of rotatable bonds is 8. The topological polar surface area (TPSA) is 78.3 Å². The number of carbonyl (C=O) groups is 1. The molecule has 0 radical (unpaired) electrons. The number of hydrogen-bond donors (Lipinski definition) is 2. The molecule has 106 valence electrons. The third-order valence-electron chi connectivity index (χ3n) is 3.32. The summed E-state index contributed by atoms with van der Waals surface area (Å²) in [6, 6.07) is 4.88. The molecule has 0 aliphatic carbocycles. The highest BCUT2D eigenvalue weighted by atomic mass is 16.5. The van der Waals surface area contributed by atoms with Gasteiger partial charge in [-0.3, -0.25) is 4.79 Å². The van der Waals surface area contributed by atoms with Crippen LogP contribution in [0.3, 0.4) is 0 Å². The number of unbranched alkanes of at least 4 members (excludes halogenated alkanes) is 1. The predicted octanol–water partition coefficient (Wildman–Crippen LogP) is 2.96. The molecule has 4 heteroatoms. The van der Waals surface area contributed by atoms with Crippen LogP contribution in [-0.2, 0) is 0 Å². The van der Waals surface area contributed by atoms with Crippen LogP contribution in [0.15, 0.2) is 18.2 Å². The van der Waals surface area contributed by atoms with Crippen molar-refractivity contribution in [3.63, 3.8) is 0 Å². The van der Waals surface area contributed by atoms with Crippen molar-refractivity contribution in [1.82, 2.24) is 0 Å². The van der Waals surface area contributed by atoms with Gasteiger partial charge in [-0.05, 0) is 30.5 Å². The lowest BCUT2D eigenvalue weighted by Gasteiger charge is -2.16. The molecule has 4 N–H and O–H groups in total. The van der Waals surface area contributed by atoms with E-state index in [-0.39, 0.29) is 0 Å². The second-order valence-corrected chi connectivity index (χ2v) is 4.84. The molecule has 0 aliphatic heterocycles. The minimum Gasteiger partial charge on any atom is -0.491 e. The van der Waals surface area contributed by atoms with Crippen LogP contribution >= 0.6 is 0 Å². The van der Waals surface area contributed by atoms with Crippen LogP contribution in [0.1, 0.15) is 49.9 Å². The lowest BCUT2D eigenvalue weighted by Crippen LogP contribution is -2.14. The summed E-state index contributed by atoms with van der Waals surface area (Å²) in [6.45, 7) is 4.97. The Labute approximate surface area is 115 Å². The monoisotopic (exact) mass is 264 g/mol. The summed E-state index contributed by atoms with van der Waals surface area (Å²) < 4.78 is 5.74. The fourth-order valence-corrected chi connectivity index (χ4v) is 1.92. The number of benzene rings is 1. The molecular weight excluding hydrogens is 240 g/mol. The van der Waals surface area contributed by atoms with E-state index in [2.05, 4.69) is 13.8 Å². The Morgan fingerprint density at radius 1 is 1.37 bits per heavy atom. The largest absolute Gasteiger partial charge is 0.491 e. The number of hydrogen-bond acceptors (Lipinski definition) is 3. The number of amides is 1. The fraction of sp³-hybridized carbons (Fsp3) is 0.533. The van der Waals surface area contributed by atoms with Crippen molar-refractivity contribution in [2.24, 2.45) is 11.7 Å². The number of ether oxygens (including phenoxy) is 1. The maximum Gasteiger partial charge on any atom is 0.248 e. The van der Waals surface area contributed by atoms with Gasteiger partial charge in [0.25, 0.3) is 0 Å². The van der Waals surface area contributed by atoms with Gasteiger partial charge in [0, 0.05) is 5.56 Å². The lowest BCUT2D eigenvalue weighted by molar-refractivity contribution is 0.1000. The van der Waals surface area contributed by atoms with E-state index in [1.54, 1.807) is 18.2 Å². The average molecular weight is 264 g/mol. The van der Waals surface area contributed by atoms with Gasteiger partial charge in [-0.25, -0.2) is 0 Å². The number of anilines is 1. The molecule has 1 rings (SSSR count). The van der Waals surface area contributed by atoms with Gasteiger partial charge in [0.05, 0.1) is 12.3 Å². The van der Waals surface area contributed by atoms with Gasteiger partial charge >= 0.3 is 0 Å². The first-order chi connectivity index (χ1) is 9.08. The second kappa shape index (κ2) is 7.67. The van der Waals surface area contributed by atoms with Gasteiger partial charge in [-0.15, -0.1) is 0 Å². The van der Waals surface area contributed by atoms with E-state index >= 15 is 0 Å². The van der Waals surface area contributed by atoms with Crippen molar-refractivity contribution in [2.75, 3.05) is 12.3 Å². The molecule has 0 saturated carbocycles. The Balaban J connectivity index is 2.65. The highest BCUT2D eigenvalue weighted by molar-refractivity contribution is 5.93. The summed E-state index contributed by atoms with van der Waals surface area (Å²) in [5.41, 5.74) is 12.0. The summed E-state index contributed by atoms with van der Waals surface area (Å²) >= 11 is 0. The van der Waals surface area contributed by atoms with E-state index in [4.69, 9.17) is 16.2 Å². The molecule has 0 aliphatic rings. The van der Waals surface area contributed by atoms with E-state index in [9.17, 15) is 4.79 Å². The zero-order chi connectivity index (χ0) is 14.3. The molecule has 0 fully saturated rings.